The maximum atomic E-state index is 13.0. The lowest BCUT2D eigenvalue weighted by Crippen LogP contribution is -2.23. The van der Waals surface area contributed by atoms with Crippen molar-refractivity contribution in [2.45, 2.75) is 17.7 Å². The lowest BCUT2D eigenvalue weighted by Gasteiger charge is -2.14. The number of hydrogen-bond acceptors (Lipinski definition) is 4. The Morgan fingerprint density at radius 3 is 2.37 bits per heavy atom. The summed E-state index contributed by atoms with van der Waals surface area (Å²) in [7, 11) is -1.32. The second-order valence-corrected chi connectivity index (χ2v) is 8.19. The Kier molecular flexibility index (Phi) is 6.18. The van der Waals surface area contributed by atoms with Gasteiger partial charge in [0.25, 0.3) is 0 Å². The number of halogens is 4. The quantitative estimate of drug-likeness (QED) is 0.685. The fraction of sp³-hybridized carbons (Fsp3) is 0.235. The maximum absolute atomic E-state index is 13.0. The van der Waals surface area contributed by atoms with Gasteiger partial charge in [0.2, 0.25) is 10.0 Å². The monoisotopic (exact) mass is 421 g/mol. The largest absolute Gasteiger partial charge is 0.457 e. The molecule has 27 heavy (non-hydrogen) atoms. The van der Waals surface area contributed by atoms with Gasteiger partial charge in [-0.1, -0.05) is 29.8 Å². The molecule has 5 nitrogen and oxygen atoms in total. The van der Waals surface area contributed by atoms with E-state index in [0.717, 1.165) is 16.4 Å². The van der Waals surface area contributed by atoms with Crippen LogP contribution < -0.4 is 0 Å². The Hall–Kier alpha value is -2.10. The number of alkyl halides is 3. The van der Waals surface area contributed by atoms with E-state index in [1.807, 2.05) is 0 Å². The molecule has 0 N–H and O–H groups in total. The zero-order chi connectivity index (χ0) is 20.4. The van der Waals surface area contributed by atoms with E-state index in [1.165, 1.54) is 44.4 Å². The van der Waals surface area contributed by atoms with Crippen LogP contribution in [-0.2, 0) is 27.5 Å². The van der Waals surface area contributed by atoms with Crippen molar-refractivity contribution in [3.8, 4) is 0 Å². The van der Waals surface area contributed by atoms with Gasteiger partial charge in [0, 0.05) is 19.7 Å². The third-order valence-corrected chi connectivity index (χ3v) is 5.90. The summed E-state index contributed by atoms with van der Waals surface area (Å²) in [5.74, 6) is -0.973. The van der Waals surface area contributed by atoms with Crippen molar-refractivity contribution in [3.63, 3.8) is 0 Å². The van der Waals surface area contributed by atoms with E-state index < -0.39 is 34.3 Å². The van der Waals surface area contributed by atoms with E-state index in [0.29, 0.717) is 0 Å². The number of esters is 1. The van der Waals surface area contributed by atoms with Gasteiger partial charge in [-0.15, -0.1) is 0 Å². The number of carbonyl (C=O) groups is 1. The molecule has 0 radical (unpaired) electrons. The molecule has 2 aromatic rings. The van der Waals surface area contributed by atoms with Gasteiger partial charge in [-0.05, 0) is 24.3 Å². The van der Waals surface area contributed by atoms with Crippen molar-refractivity contribution in [1.82, 2.24) is 4.31 Å². The van der Waals surface area contributed by atoms with Crippen LogP contribution in [0, 0.1) is 0 Å². The van der Waals surface area contributed by atoms with Gasteiger partial charge in [0.05, 0.1) is 16.1 Å². The van der Waals surface area contributed by atoms with Crippen LogP contribution in [0.1, 0.15) is 21.5 Å². The third-order valence-electron chi connectivity index (χ3n) is 3.61. The van der Waals surface area contributed by atoms with Crippen LogP contribution in [0.5, 0.6) is 0 Å². The summed E-state index contributed by atoms with van der Waals surface area (Å²) in [4.78, 5) is 11.9. The van der Waals surface area contributed by atoms with Crippen LogP contribution in [0.15, 0.2) is 47.4 Å². The molecule has 0 saturated carbocycles. The Balaban J connectivity index is 2.26. The molecule has 0 atom stereocenters. The van der Waals surface area contributed by atoms with Crippen molar-refractivity contribution in [2.24, 2.45) is 0 Å². The van der Waals surface area contributed by atoms with Crippen molar-refractivity contribution < 1.29 is 31.1 Å². The van der Waals surface area contributed by atoms with Crippen LogP contribution in [0.4, 0.5) is 13.2 Å². The summed E-state index contributed by atoms with van der Waals surface area (Å²) in [6.07, 6.45) is -4.59. The Bertz CT molecular complexity index is 959. The minimum Gasteiger partial charge on any atom is -0.457 e. The zero-order valence-electron chi connectivity index (χ0n) is 14.2. The normalized spacial score (nSPS) is 12.3. The molecule has 0 spiro atoms. The zero-order valence-corrected chi connectivity index (χ0v) is 15.8. The van der Waals surface area contributed by atoms with E-state index >= 15 is 0 Å². The summed E-state index contributed by atoms with van der Waals surface area (Å²) in [5.41, 5.74) is -1.28. The predicted octanol–water partition coefficient (Wildman–Crippen LogP) is 3.97. The SMILES string of the molecule is CN(C)S(=O)(=O)c1cc(C(=O)OCc2ccccc2C(F)(F)F)ccc1Cl. The van der Waals surface area contributed by atoms with Crippen LogP contribution in [-0.4, -0.2) is 32.8 Å². The molecule has 0 saturated heterocycles. The van der Waals surface area contributed by atoms with Gasteiger partial charge in [-0.3, -0.25) is 0 Å². The summed E-state index contributed by atoms with van der Waals surface area (Å²) < 4.78 is 69.2. The van der Waals surface area contributed by atoms with E-state index in [4.69, 9.17) is 16.3 Å². The number of rotatable bonds is 5. The Labute approximate surface area is 159 Å². The van der Waals surface area contributed by atoms with Gasteiger partial charge in [-0.2, -0.15) is 13.2 Å². The summed E-state index contributed by atoms with van der Waals surface area (Å²) in [6, 6.07) is 8.16. The standard InChI is InChI=1S/C17H15ClF3NO4S/c1-22(2)27(24,25)15-9-11(7-8-14(15)18)16(23)26-10-12-5-3-4-6-13(12)17(19,20)21/h3-9H,10H2,1-2H3. The minimum atomic E-state index is -4.59. The molecule has 0 fully saturated rings. The highest BCUT2D eigenvalue weighted by Crippen LogP contribution is 2.32. The number of ether oxygens (including phenoxy) is 1. The first-order valence-electron chi connectivity index (χ1n) is 7.49. The highest BCUT2D eigenvalue weighted by atomic mass is 35.5. The number of carbonyl (C=O) groups excluding carboxylic acids is 1. The van der Waals surface area contributed by atoms with Crippen LogP contribution in [0.3, 0.4) is 0 Å². The van der Waals surface area contributed by atoms with E-state index in [2.05, 4.69) is 0 Å². The third kappa shape index (κ3) is 4.79. The van der Waals surface area contributed by atoms with Crippen LogP contribution in [0.25, 0.3) is 0 Å². The molecule has 0 aliphatic rings. The predicted molar refractivity (Wildman–Crippen MR) is 92.9 cm³/mol. The molecule has 0 bridgehead atoms. The van der Waals surface area contributed by atoms with E-state index in [-0.39, 0.29) is 21.0 Å². The average molecular weight is 422 g/mol. The highest BCUT2D eigenvalue weighted by molar-refractivity contribution is 7.89. The molecule has 2 aromatic carbocycles. The van der Waals surface area contributed by atoms with Crippen LogP contribution in [0.2, 0.25) is 5.02 Å². The molecule has 0 heterocycles. The fourth-order valence-corrected chi connectivity index (χ4v) is 3.57. The van der Waals surface area contributed by atoms with E-state index in [1.54, 1.807) is 0 Å². The van der Waals surface area contributed by atoms with Crippen molar-refractivity contribution in [3.05, 3.63) is 64.2 Å². The minimum absolute atomic E-state index is 0.0948. The smallest absolute Gasteiger partial charge is 0.416 e. The molecule has 0 aliphatic carbocycles. The summed E-state index contributed by atoms with van der Waals surface area (Å²) in [6.45, 7) is -0.618. The first-order chi connectivity index (χ1) is 12.4. The molecular formula is C17H15ClF3NO4S. The van der Waals surface area contributed by atoms with Gasteiger partial charge in [-0.25, -0.2) is 17.5 Å². The summed E-state index contributed by atoms with van der Waals surface area (Å²) >= 11 is 5.89. The Morgan fingerprint density at radius 2 is 1.78 bits per heavy atom. The first kappa shape index (κ1) is 21.2. The summed E-state index contributed by atoms with van der Waals surface area (Å²) in [5, 5.41) is -0.0948. The van der Waals surface area contributed by atoms with Crippen molar-refractivity contribution >= 4 is 27.6 Å². The molecule has 0 aromatic heterocycles. The fourth-order valence-electron chi connectivity index (χ4n) is 2.17. The highest BCUT2D eigenvalue weighted by Gasteiger charge is 2.33. The lowest BCUT2D eigenvalue weighted by atomic mass is 10.1. The molecule has 10 heteroatoms. The molecule has 0 amide bonds. The number of nitrogens with zero attached hydrogens (tertiary/aromatic N) is 1. The van der Waals surface area contributed by atoms with Gasteiger partial charge in [0.15, 0.2) is 0 Å². The Morgan fingerprint density at radius 1 is 1.15 bits per heavy atom. The van der Waals surface area contributed by atoms with Gasteiger partial charge in [0.1, 0.15) is 11.5 Å². The van der Waals surface area contributed by atoms with Crippen molar-refractivity contribution in [2.75, 3.05) is 14.1 Å². The van der Waals surface area contributed by atoms with E-state index in [9.17, 15) is 26.4 Å². The molecule has 146 valence electrons. The van der Waals surface area contributed by atoms with Gasteiger partial charge < -0.3 is 4.74 Å². The van der Waals surface area contributed by atoms with Crippen LogP contribution >= 0.6 is 11.6 Å². The van der Waals surface area contributed by atoms with Crippen molar-refractivity contribution in [1.29, 1.82) is 0 Å². The second kappa shape index (κ2) is 7.87. The molecule has 2 rings (SSSR count). The average Bonchev–Trinajstić information content (AvgIpc) is 2.59. The number of benzene rings is 2. The molecule has 0 aliphatic heterocycles. The maximum Gasteiger partial charge on any atom is 0.416 e. The second-order valence-electron chi connectivity index (χ2n) is 5.66. The molecular weight excluding hydrogens is 407 g/mol. The number of sulfonamides is 1. The van der Waals surface area contributed by atoms with Gasteiger partial charge >= 0.3 is 12.1 Å². The lowest BCUT2D eigenvalue weighted by molar-refractivity contribution is -0.138. The number of hydrogen-bond donors (Lipinski definition) is 0. The first-order valence-corrected chi connectivity index (χ1v) is 9.30. The molecule has 0 unspecified atom stereocenters. The topological polar surface area (TPSA) is 63.7 Å².